The minimum absolute atomic E-state index is 0.0506. The van der Waals surface area contributed by atoms with Crippen LogP contribution in [0.1, 0.15) is 16.8 Å². The number of aromatic hydroxyl groups is 2. The van der Waals surface area contributed by atoms with Gasteiger partial charge in [-0.2, -0.15) is 11.8 Å². The third-order valence-electron chi connectivity index (χ3n) is 3.72. The number of carbonyl (C=O) groups excluding carboxylic acids is 1. The van der Waals surface area contributed by atoms with Gasteiger partial charge >= 0.3 is 0 Å². The van der Waals surface area contributed by atoms with Gasteiger partial charge in [-0.3, -0.25) is 4.79 Å². The van der Waals surface area contributed by atoms with Crippen molar-refractivity contribution >= 4 is 28.4 Å². The Morgan fingerprint density at radius 1 is 1.10 bits per heavy atom. The highest BCUT2D eigenvalue weighted by Crippen LogP contribution is 2.32. The van der Waals surface area contributed by atoms with Crippen LogP contribution in [-0.4, -0.2) is 45.6 Å². The number of phenolic OH excluding ortho intramolecular Hbond substituents is 2. The second-order valence-electron chi connectivity index (χ2n) is 5.13. The van der Waals surface area contributed by atoms with Crippen LogP contribution in [-0.2, 0) is 0 Å². The van der Waals surface area contributed by atoms with Crippen molar-refractivity contribution in [3.8, 4) is 11.5 Å². The molecule has 1 aliphatic rings. The summed E-state index contributed by atoms with van der Waals surface area (Å²) in [6, 6.07) is 8.24. The largest absolute Gasteiger partial charge is 0.508 e. The summed E-state index contributed by atoms with van der Waals surface area (Å²) in [6.07, 6.45) is 0.978. The summed E-state index contributed by atoms with van der Waals surface area (Å²) in [7, 11) is 0. The van der Waals surface area contributed by atoms with E-state index in [1.807, 2.05) is 11.8 Å². The van der Waals surface area contributed by atoms with E-state index in [4.69, 9.17) is 0 Å². The average molecular weight is 303 g/mol. The van der Waals surface area contributed by atoms with Gasteiger partial charge in [0.25, 0.3) is 5.91 Å². The molecular weight excluding hydrogens is 286 g/mol. The number of carbonyl (C=O) groups is 1. The monoisotopic (exact) mass is 303 g/mol. The molecule has 1 amide bonds. The first-order valence-electron chi connectivity index (χ1n) is 6.98. The van der Waals surface area contributed by atoms with E-state index in [0.29, 0.717) is 17.5 Å². The predicted molar refractivity (Wildman–Crippen MR) is 85.1 cm³/mol. The maximum absolute atomic E-state index is 12.6. The van der Waals surface area contributed by atoms with E-state index in [0.717, 1.165) is 29.9 Å². The van der Waals surface area contributed by atoms with Crippen LogP contribution in [0.15, 0.2) is 30.3 Å². The van der Waals surface area contributed by atoms with Crippen LogP contribution in [0.2, 0.25) is 0 Å². The Kier molecular flexibility index (Phi) is 3.92. The molecule has 1 fully saturated rings. The van der Waals surface area contributed by atoms with Crippen LogP contribution < -0.4 is 0 Å². The second kappa shape index (κ2) is 5.85. The molecule has 0 aromatic heterocycles. The lowest BCUT2D eigenvalue weighted by molar-refractivity contribution is 0.0766. The number of benzene rings is 2. The molecule has 0 radical (unpaired) electrons. The molecular formula is C16H17NO3S. The van der Waals surface area contributed by atoms with Gasteiger partial charge in [-0.1, -0.05) is 12.1 Å². The molecule has 110 valence electrons. The summed E-state index contributed by atoms with van der Waals surface area (Å²) in [6.45, 7) is 1.43. The van der Waals surface area contributed by atoms with Crippen LogP contribution in [0, 0.1) is 0 Å². The lowest BCUT2D eigenvalue weighted by atomic mass is 10.0. The van der Waals surface area contributed by atoms with E-state index in [1.165, 1.54) is 6.07 Å². The summed E-state index contributed by atoms with van der Waals surface area (Å²) < 4.78 is 0. The summed E-state index contributed by atoms with van der Waals surface area (Å²) in [5.41, 5.74) is 0.306. The third-order valence-corrected chi connectivity index (χ3v) is 4.77. The van der Waals surface area contributed by atoms with Gasteiger partial charge in [-0.15, -0.1) is 0 Å². The van der Waals surface area contributed by atoms with Gasteiger partial charge in [0, 0.05) is 24.2 Å². The zero-order valence-electron chi connectivity index (χ0n) is 11.6. The first-order valence-corrected chi connectivity index (χ1v) is 8.14. The van der Waals surface area contributed by atoms with Gasteiger partial charge in [-0.05, 0) is 35.8 Å². The van der Waals surface area contributed by atoms with Crippen molar-refractivity contribution in [2.24, 2.45) is 0 Å². The SMILES string of the molecule is O=C(c1ccc2ccc(O)cc2c1O)N1CCCSCC1. The first-order chi connectivity index (χ1) is 10.2. The second-order valence-corrected chi connectivity index (χ2v) is 6.35. The Labute approximate surface area is 127 Å². The zero-order chi connectivity index (χ0) is 14.8. The first kappa shape index (κ1) is 14.1. The van der Waals surface area contributed by atoms with Crippen molar-refractivity contribution in [1.82, 2.24) is 4.90 Å². The molecule has 0 atom stereocenters. The van der Waals surface area contributed by atoms with Gasteiger partial charge in [0.1, 0.15) is 11.5 Å². The highest BCUT2D eigenvalue weighted by molar-refractivity contribution is 7.99. The number of fused-ring (bicyclic) bond motifs is 1. The van der Waals surface area contributed by atoms with Crippen LogP contribution in [0.25, 0.3) is 10.8 Å². The lowest BCUT2D eigenvalue weighted by Crippen LogP contribution is -2.32. The molecule has 3 rings (SSSR count). The highest BCUT2D eigenvalue weighted by atomic mass is 32.2. The molecule has 21 heavy (non-hydrogen) atoms. The molecule has 5 heteroatoms. The molecule has 2 aromatic rings. The molecule has 2 aromatic carbocycles. The summed E-state index contributed by atoms with van der Waals surface area (Å²) >= 11 is 1.85. The normalized spacial score (nSPS) is 15.9. The standard InChI is InChI=1S/C16H17NO3S/c18-12-4-2-11-3-5-13(15(19)14(11)10-12)16(20)17-6-1-8-21-9-7-17/h2-5,10,18-19H,1,6-9H2. The van der Waals surface area contributed by atoms with E-state index in [-0.39, 0.29) is 17.4 Å². The van der Waals surface area contributed by atoms with E-state index >= 15 is 0 Å². The Morgan fingerprint density at radius 2 is 1.90 bits per heavy atom. The van der Waals surface area contributed by atoms with Crippen molar-refractivity contribution in [1.29, 1.82) is 0 Å². The Bertz CT molecular complexity index is 679. The number of amides is 1. The van der Waals surface area contributed by atoms with E-state index in [1.54, 1.807) is 29.2 Å². The summed E-state index contributed by atoms with van der Waals surface area (Å²) in [5.74, 6) is 1.89. The van der Waals surface area contributed by atoms with Crippen molar-refractivity contribution < 1.29 is 15.0 Å². The topological polar surface area (TPSA) is 60.8 Å². The van der Waals surface area contributed by atoms with Gasteiger partial charge in [-0.25, -0.2) is 0 Å². The van der Waals surface area contributed by atoms with Gasteiger partial charge in [0.05, 0.1) is 5.56 Å². The molecule has 0 saturated carbocycles. The Hall–Kier alpha value is -1.88. The Morgan fingerprint density at radius 3 is 2.76 bits per heavy atom. The molecule has 4 nitrogen and oxygen atoms in total. The van der Waals surface area contributed by atoms with Crippen LogP contribution >= 0.6 is 11.8 Å². The van der Waals surface area contributed by atoms with Crippen LogP contribution in [0.4, 0.5) is 0 Å². The summed E-state index contributed by atoms with van der Waals surface area (Å²) in [4.78, 5) is 14.4. The van der Waals surface area contributed by atoms with Crippen LogP contribution in [0.3, 0.4) is 0 Å². The predicted octanol–water partition coefficient (Wildman–Crippen LogP) is 2.83. The minimum atomic E-state index is -0.139. The summed E-state index contributed by atoms with van der Waals surface area (Å²) in [5, 5.41) is 21.2. The number of hydrogen-bond donors (Lipinski definition) is 2. The Balaban J connectivity index is 1.99. The average Bonchev–Trinajstić information content (AvgIpc) is 2.77. The number of hydrogen-bond acceptors (Lipinski definition) is 4. The highest BCUT2D eigenvalue weighted by Gasteiger charge is 2.21. The quantitative estimate of drug-likeness (QED) is 0.850. The molecule has 1 saturated heterocycles. The molecule has 1 heterocycles. The van der Waals surface area contributed by atoms with Crippen molar-refractivity contribution in [3.63, 3.8) is 0 Å². The third kappa shape index (κ3) is 2.78. The van der Waals surface area contributed by atoms with Crippen molar-refractivity contribution in [3.05, 3.63) is 35.9 Å². The fourth-order valence-corrected chi connectivity index (χ4v) is 3.47. The fraction of sp³-hybridized carbons (Fsp3) is 0.312. The molecule has 0 bridgehead atoms. The van der Waals surface area contributed by atoms with Crippen molar-refractivity contribution in [2.75, 3.05) is 24.6 Å². The number of nitrogens with zero attached hydrogens (tertiary/aromatic N) is 1. The van der Waals surface area contributed by atoms with Gasteiger partial charge < -0.3 is 15.1 Å². The maximum Gasteiger partial charge on any atom is 0.257 e. The molecule has 0 aliphatic carbocycles. The van der Waals surface area contributed by atoms with Crippen molar-refractivity contribution in [2.45, 2.75) is 6.42 Å². The molecule has 0 unspecified atom stereocenters. The van der Waals surface area contributed by atoms with Crippen LogP contribution in [0.5, 0.6) is 11.5 Å². The number of rotatable bonds is 1. The van der Waals surface area contributed by atoms with E-state index in [9.17, 15) is 15.0 Å². The van der Waals surface area contributed by atoms with E-state index < -0.39 is 0 Å². The lowest BCUT2D eigenvalue weighted by Gasteiger charge is -2.21. The van der Waals surface area contributed by atoms with Gasteiger partial charge in [0.2, 0.25) is 0 Å². The smallest absolute Gasteiger partial charge is 0.257 e. The fourth-order valence-electron chi connectivity index (χ4n) is 2.58. The maximum atomic E-state index is 12.6. The minimum Gasteiger partial charge on any atom is -0.508 e. The molecule has 1 aliphatic heterocycles. The number of thioether (sulfide) groups is 1. The molecule has 0 spiro atoms. The van der Waals surface area contributed by atoms with Gasteiger partial charge in [0.15, 0.2) is 0 Å². The zero-order valence-corrected chi connectivity index (χ0v) is 12.4. The van der Waals surface area contributed by atoms with E-state index in [2.05, 4.69) is 0 Å². The number of phenols is 2. The molecule has 2 N–H and O–H groups in total.